The minimum absolute atomic E-state index is 0.00828. The van der Waals surface area contributed by atoms with Gasteiger partial charge in [0.15, 0.2) is 0 Å². The second kappa shape index (κ2) is 5.79. The third-order valence-corrected chi connectivity index (χ3v) is 5.12. The van der Waals surface area contributed by atoms with E-state index in [-0.39, 0.29) is 17.1 Å². The summed E-state index contributed by atoms with van der Waals surface area (Å²) in [5.74, 6) is 0.0515. The minimum atomic E-state index is -0.410. The lowest BCUT2D eigenvalue weighted by Crippen LogP contribution is -2.27. The SMILES string of the molecule is O=C1CSC(c2ccc(F)cc2)N1c1ccc2oc(=O)ccc2c1. The highest BCUT2D eigenvalue weighted by atomic mass is 32.2. The Hall–Kier alpha value is -2.60. The molecule has 0 radical (unpaired) electrons. The van der Waals surface area contributed by atoms with Crippen molar-refractivity contribution in [2.45, 2.75) is 5.37 Å². The monoisotopic (exact) mass is 341 g/mol. The van der Waals surface area contributed by atoms with E-state index in [4.69, 9.17) is 4.42 Å². The van der Waals surface area contributed by atoms with Crippen molar-refractivity contribution >= 4 is 34.3 Å². The number of amides is 1. The second-order valence-electron chi connectivity index (χ2n) is 5.46. The maximum absolute atomic E-state index is 13.2. The van der Waals surface area contributed by atoms with Gasteiger partial charge in [0.25, 0.3) is 0 Å². The van der Waals surface area contributed by atoms with Crippen LogP contribution in [0, 0.1) is 5.82 Å². The van der Waals surface area contributed by atoms with E-state index >= 15 is 0 Å². The summed E-state index contributed by atoms with van der Waals surface area (Å²) in [5, 5.41) is 0.543. The molecule has 0 spiro atoms. The molecule has 1 aliphatic heterocycles. The quantitative estimate of drug-likeness (QED) is 0.667. The first-order chi connectivity index (χ1) is 11.6. The van der Waals surface area contributed by atoms with Crippen LogP contribution in [-0.4, -0.2) is 11.7 Å². The number of rotatable bonds is 2. The molecule has 1 aromatic heterocycles. The fraction of sp³-hybridized carbons (Fsp3) is 0.111. The third-order valence-electron chi connectivity index (χ3n) is 3.90. The number of anilines is 1. The molecule has 1 fully saturated rings. The topological polar surface area (TPSA) is 50.5 Å². The lowest BCUT2D eigenvalue weighted by Gasteiger charge is -2.24. The number of halogens is 1. The summed E-state index contributed by atoms with van der Waals surface area (Å²) in [4.78, 5) is 25.3. The van der Waals surface area contributed by atoms with Crippen LogP contribution in [0.15, 0.2) is 63.8 Å². The van der Waals surface area contributed by atoms with Crippen LogP contribution in [0.1, 0.15) is 10.9 Å². The van der Waals surface area contributed by atoms with Crippen LogP contribution in [0.5, 0.6) is 0 Å². The number of hydrogen-bond acceptors (Lipinski definition) is 4. The average molecular weight is 341 g/mol. The molecule has 4 rings (SSSR count). The van der Waals surface area contributed by atoms with E-state index in [0.29, 0.717) is 11.3 Å². The Labute approximate surface area is 140 Å². The van der Waals surface area contributed by atoms with Gasteiger partial charge >= 0.3 is 5.63 Å². The smallest absolute Gasteiger partial charge is 0.336 e. The summed E-state index contributed by atoms with van der Waals surface area (Å²) in [6.45, 7) is 0. The number of carbonyl (C=O) groups excluding carboxylic acids is 1. The van der Waals surface area contributed by atoms with Crippen LogP contribution < -0.4 is 10.5 Å². The first-order valence-corrected chi connectivity index (χ1v) is 8.40. The zero-order valence-electron chi connectivity index (χ0n) is 12.4. The molecular weight excluding hydrogens is 329 g/mol. The van der Waals surface area contributed by atoms with Gasteiger partial charge in [0, 0.05) is 17.1 Å². The van der Waals surface area contributed by atoms with E-state index in [1.165, 1.54) is 30.0 Å². The highest BCUT2D eigenvalue weighted by Gasteiger charge is 2.34. The van der Waals surface area contributed by atoms with Gasteiger partial charge in [0.1, 0.15) is 16.8 Å². The van der Waals surface area contributed by atoms with E-state index in [2.05, 4.69) is 0 Å². The molecule has 0 aliphatic carbocycles. The van der Waals surface area contributed by atoms with Gasteiger partial charge in [-0.2, -0.15) is 0 Å². The lowest BCUT2D eigenvalue weighted by atomic mass is 10.1. The zero-order valence-corrected chi connectivity index (χ0v) is 13.3. The van der Waals surface area contributed by atoms with Crippen molar-refractivity contribution in [3.8, 4) is 0 Å². The molecular formula is C18H12FNO3S. The van der Waals surface area contributed by atoms with Crippen LogP contribution >= 0.6 is 11.8 Å². The normalized spacial score (nSPS) is 17.6. The largest absolute Gasteiger partial charge is 0.423 e. The van der Waals surface area contributed by atoms with Gasteiger partial charge in [-0.05, 0) is 42.0 Å². The van der Waals surface area contributed by atoms with Crippen molar-refractivity contribution in [3.63, 3.8) is 0 Å². The molecule has 0 N–H and O–H groups in total. The molecule has 3 aromatic rings. The van der Waals surface area contributed by atoms with Gasteiger partial charge in [0.05, 0.1) is 5.75 Å². The summed E-state index contributed by atoms with van der Waals surface area (Å²) in [6, 6.07) is 14.5. The molecule has 1 amide bonds. The summed E-state index contributed by atoms with van der Waals surface area (Å²) < 4.78 is 18.3. The molecule has 6 heteroatoms. The molecule has 24 heavy (non-hydrogen) atoms. The predicted molar refractivity (Wildman–Crippen MR) is 91.6 cm³/mol. The molecule has 1 saturated heterocycles. The van der Waals surface area contributed by atoms with Gasteiger partial charge < -0.3 is 4.42 Å². The van der Waals surface area contributed by atoms with Crippen molar-refractivity contribution in [2.75, 3.05) is 10.7 Å². The number of carbonyl (C=O) groups is 1. The first kappa shape index (κ1) is 15.0. The zero-order chi connectivity index (χ0) is 16.7. The molecule has 2 aromatic carbocycles. The van der Waals surface area contributed by atoms with Crippen molar-refractivity contribution in [2.24, 2.45) is 0 Å². The molecule has 2 heterocycles. The molecule has 0 bridgehead atoms. The maximum atomic E-state index is 13.2. The Morgan fingerprint density at radius 2 is 1.83 bits per heavy atom. The van der Waals surface area contributed by atoms with E-state index in [9.17, 15) is 14.0 Å². The Kier molecular flexibility index (Phi) is 3.61. The molecule has 1 unspecified atom stereocenters. The van der Waals surface area contributed by atoms with Crippen molar-refractivity contribution < 1.29 is 13.6 Å². The Morgan fingerprint density at radius 3 is 2.62 bits per heavy atom. The van der Waals surface area contributed by atoms with Gasteiger partial charge in [-0.15, -0.1) is 11.8 Å². The van der Waals surface area contributed by atoms with Gasteiger partial charge in [-0.3, -0.25) is 9.69 Å². The van der Waals surface area contributed by atoms with E-state index in [1.807, 2.05) is 6.07 Å². The van der Waals surface area contributed by atoms with Crippen LogP contribution in [0.2, 0.25) is 0 Å². The number of thioether (sulfide) groups is 1. The fourth-order valence-corrected chi connectivity index (χ4v) is 3.96. The van der Waals surface area contributed by atoms with Gasteiger partial charge in [-0.25, -0.2) is 9.18 Å². The van der Waals surface area contributed by atoms with E-state index in [0.717, 1.165) is 16.6 Å². The Balaban J connectivity index is 1.77. The van der Waals surface area contributed by atoms with Crippen LogP contribution in [-0.2, 0) is 4.79 Å². The highest BCUT2D eigenvalue weighted by Crippen LogP contribution is 2.42. The Bertz CT molecular complexity index is 983. The first-order valence-electron chi connectivity index (χ1n) is 7.35. The summed E-state index contributed by atoms with van der Waals surface area (Å²) in [7, 11) is 0. The molecule has 4 nitrogen and oxygen atoms in total. The summed E-state index contributed by atoms with van der Waals surface area (Å²) in [5.41, 5.74) is 1.66. The van der Waals surface area contributed by atoms with E-state index < -0.39 is 5.63 Å². The molecule has 0 saturated carbocycles. The highest BCUT2D eigenvalue weighted by molar-refractivity contribution is 8.00. The van der Waals surface area contributed by atoms with Crippen molar-refractivity contribution in [1.29, 1.82) is 0 Å². The van der Waals surface area contributed by atoms with Gasteiger partial charge in [0.2, 0.25) is 5.91 Å². The van der Waals surface area contributed by atoms with Crippen molar-refractivity contribution in [1.82, 2.24) is 0 Å². The minimum Gasteiger partial charge on any atom is -0.423 e. The number of benzene rings is 2. The maximum Gasteiger partial charge on any atom is 0.336 e. The Morgan fingerprint density at radius 1 is 1.04 bits per heavy atom. The number of nitrogens with zero attached hydrogens (tertiary/aromatic N) is 1. The lowest BCUT2D eigenvalue weighted by molar-refractivity contribution is -0.115. The van der Waals surface area contributed by atoms with Crippen LogP contribution in [0.25, 0.3) is 11.0 Å². The summed E-state index contributed by atoms with van der Waals surface area (Å²) in [6.07, 6.45) is 0. The molecule has 1 atom stereocenters. The van der Waals surface area contributed by atoms with Crippen molar-refractivity contribution in [3.05, 3.63) is 76.4 Å². The number of fused-ring (bicyclic) bond motifs is 1. The standard InChI is InChI=1S/C18H12FNO3S/c19-13-4-1-11(2-5-13)18-20(16(21)10-24-18)14-6-7-15-12(9-14)3-8-17(22)23-15/h1-9,18H,10H2. The number of hydrogen-bond donors (Lipinski definition) is 0. The van der Waals surface area contributed by atoms with Gasteiger partial charge in [-0.1, -0.05) is 12.1 Å². The third kappa shape index (κ3) is 2.59. The fourth-order valence-electron chi connectivity index (χ4n) is 2.79. The van der Waals surface area contributed by atoms with E-state index in [1.54, 1.807) is 35.2 Å². The van der Waals surface area contributed by atoms with Crippen LogP contribution in [0.3, 0.4) is 0 Å². The molecule has 120 valence electrons. The second-order valence-corrected chi connectivity index (χ2v) is 6.52. The van der Waals surface area contributed by atoms with Crippen LogP contribution in [0.4, 0.5) is 10.1 Å². The average Bonchev–Trinajstić information content (AvgIpc) is 2.97. The summed E-state index contributed by atoms with van der Waals surface area (Å²) >= 11 is 1.50. The molecule has 1 aliphatic rings. The predicted octanol–water partition coefficient (Wildman–Crippen LogP) is 3.71.